The summed E-state index contributed by atoms with van der Waals surface area (Å²) < 4.78 is 15.4. The molecule has 0 aliphatic heterocycles. The summed E-state index contributed by atoms with van der Waals surface area (Å²) in [6.45, 7) is 0.0234. The van der Waals surface area contributed by atoms with E-state index in [-0.39, 0.29) is 12.2 Å². The van der Waals surface area contributed by atoms with E-state index >= 15 is 0 Å². The van der Waals surface area contributed by atoms with Crippen molar-refractivity contribution in [3.05, 3.63) is 65.2 Å². The van der Waals surface area contributed by atoms with Gasteiger partial charge >= 0.3 is 12.1 Å². The molecule has 3 aromatic rings. The van der Waals surface area contributed by atoms with Crippen molar-refractivity contribution in [2.75, 3.05) is 26.2 Å². The van der Waals surface area contributed by atoms with Crippen molar-refractivity contribution in [2.45, 2.75) is 6.61 Å². The van der Waals surface area contributed by atoms with Gasteiger partial charge in [-0.05, 0) is 24.3 Å². The van der Waals surface area contributed by atoms with Crippen LogP contribution >= 0.6 is 11.3 Å². The number of ether oxygens (including phenoxy) is 3. The summed E-state index contributed by atoms with van der Waals surface area (Å²) in [7, 11) is 4.42. The molecule has 8 heteroatoms. The predicted octanol–water partition coefficient (Wildman–Crippen LogP) is 4.38. The van der Waals surface area contributed by atoms with E-state index in [1.165, 1.54) is 30.4 Å². The zero-order valence-corrected chi connectivity index (χ0v) is 17.1. The first-order valence-electron chi connectivity index (χ1n) is 8.70. The van der Waals surface area contributed by atoms with Crippen LogP contribution in [0.5, 0.6) is 5.75 Å². The Morgan fingerprint density at radius 3 is 2.66 bits per heavy atom. The average molecular weight is 412 g/mol. The number of hydrogen-bond acceptors (Lipinski definition) is 7. The Kier molecular flexibility index (Phi) is 6.46. The van der Waals surface area contributed by atoms with Crippen LogP contribution in [0, 0.1) is 0 Å². The van der Waals surface area contributed by atoms with Gasteiger partial charge in [-0.3, -0.25) is 4.90 Å². The first kappa shape index (κ1) is 20.3. The van der Waals surface area contributed by atoms with E-state index in [9.17, 15) is 9.59 Å². The van der Waals surface area contributed by atoms with Crippen LogP contribution in [-0.2, 0) is 16.1 Å². The quantitative estimate of drug-likeness (QED) is 0.559. The highest BCUT2D eigenvalue weighted by Gasteiger charge is 2.20. The van der Waals surface area contributed by atoms with Crippen LogP contribution < -0.4 is 9.64 Å². The fourth-order valence-electron chi connectivity index (χ4n) is 2.65. The number of amides is 1. The Morgan fingerprint density at radius 1 is 1.10 bits per heavy atom. The van der Waals surface area contributed by atoms with Gasteiger partial charge in [0.15, 0.2) is 0 Å². The summed E-state index contributed by atoms with van der Waals surface area (Å²) in [6.07, 6.45) is -0.576. The predicted molar refractivity (Wildman–Crippen MR) is 110 cm³/mol. The Balaban J connectivity index is 1.71. The van der Waals surface area contributed by atoms with Gasteiger partial charge in [0.25, 0.3) is 0 Å². The fourth-order valence-corrected chi connectivity index (χ4v) is 3.45. The lowest BCUT2D eigenvalue weighted by molar-refractivity contribution is 0.0469. The van der Waals surface area contributed by atoms with Crippen molar-refractivity contribution in [3.8, 4) is 16.3 Å². The number of esters is 1. The Hall–Kier alpha value is -3.39. The molecule has 0 N–H and O–H groups in total. The van der Waals surface area contributed by atoms with Crippen molar-refractivity contribution < 1.29 is 23.8 Å². The highest BCUT2D eigenvalue weighted by molar-refractivity contribution is 7.13. The average Bonchev–Trinajstić information content (AvgIpc) is 3.25. The lowest BCUT2D eigenvalue weighted by Crippen LogP contribution is -2.27. The summed E-state index contributed by atoms with van der Waals surface area (Å²) in [5.74, 6) is 0.198. The number of thiazole rings is 1. The molecule has 7 nitrogen and oxygen atoms in total. The van der Waals surface area contributed by atoms with Crippen LogP contribution in [0.25, 0.3) is 10.6 Å². The first-order chi connectivity index (χ1) is 14.0. The second-order valence-electron chi connectivity index (χ2n) is 6.00. The standard InChI is InChI=1S/C21H20N2O5S/c1-23(21(25)27-3)18-10-5-4-9-17(18)20(24)28-12-15-13-29-19(22-15)14-7-6-8-16(11-14)26-2/h4-11,13H,12H2,1-3H3. The van der Waals surface area contributed by atoms with Crippen molar-refractivity contribution in [3.63, 3.8) is 0 Å². The van der Waals surface area contributed by atoms with E-state index in [4.69, 9.17) is 14.2 Å². The minimum atomic E-state index is -0.576. The largest absolute Gasteiger partial charge is 0.497 e. The van der Waals surface area contributed by atoms with Gasteiger partial charge in [0, 0.05) is 18.0 Å². The minimum Gasteiger partial charge on any atom is -0.497 e. The molecule has 150 valence electrons. The van der Waals surface area contributed by atoms with Gasteiger partial charge in [0.05, 0.1) is 31.2 Å². The molecule has 0 aliphatic rings. The van der Waals surface area contributed by atoms with Crippen LogP contribution in [0.2, 0.25) is 0 Å². The SMILES string of the molecule is COC(=O)N(C)c1ccccc1C(=O)OCc1csc(-c2cccc(OC)c2)n1. The molecule has 0 fully saturated rings. The van der Waals surface area contributed by atoms with Gasteiger partial charge in [0.1, 0.15) is 17.4 Å². The summed E-state index contributed by atoms with van der Waals surface area (Å²) >= 11 is 1.46. The maximum Gasteiger partial charge on any atom is 0.413 e. The normalized spacial score (nSPS) is 10.3. The molecule has 3 rings (SSSR count). The molecule has 0 atom stereocenters. The van der Waals surface area contributed by atoms with Gasteiger partial charge in [-0.25, -0.2) is 14.6 Å². The van der Waals surface area contributed by atoms with Gasteiger partial charge in [-0.15, -0.1) is 11.3 Å². The zero-order chi connectivity index (χ0) is 20.8. The maximum atomic E-state index is 12.6. The molecule has 0 aliphatic carbocycles. The second-order valence-corrected chi connectivity index (χ2v) is 6.86. The van der Waals surface area contributed by atoms with Crippen LogP contribution in [0.1, 0.15) is 16.1 Å². The highest BCUT2D eigenvalue weighted by atomic mass is 32.1. The third-order valence-electron chi connectivity index (χ3n) is 4.15. The smallest absolute Gasteiger partial charge is 0.413 e. The lowest BCUT2D eigenvalue weighted by Gasteiger charge is -2.18. The molecule has 1 aromatic heterocycles. The monoisotopic (exact) mass is 412 g/mol. The molecular weight excluding hydrogens is 392 g/mol. The maximum absolute atomic E-state index is 12.6. The summed E-state index contributed by atoms with van der Waals surface area (Å²) in [5, 5.41) is 2.65. The number of para-hydroxylation sites is 1. The molecule has 0 bridgehead atoms. The van der Waals surface area contributed by atoms with Crippen molar-refractivity contribution in [1.82, 2.24) is 4.98 Å². The topological polar surface area (TPSA) is 78.0 Å². The zero-order valence-electron chi connectivity index (χ0n) is 16.2. The third-order valence-corrected chi connectivity index (χ3v) is 5.09. The number of methoxy groups -OCH3 is 2. The number of benzene rings is 2. The van der Waals surface area contributed by atoms with E-state index in [0.717, 1.165) is 16.3 Å². The molecule has 0 radical (unpaired) electrons. The van der Waals surface area contributed by atoms with E-state index in [1.54, 1.807) is 31.4 Å². The molecule has 0 spiro atoms. The lowest BCUT2D eigenvalue weighted by atomic mass is 10.1. The van der Waals surface area contributed by atoms with Crippen LogP contribution in [0.3, 0.4) is 0 Å². The number of carbonyl (C=O) groups is 2. The second kappa shape index (κ2) is 9.20. The van der Waals surface area contributed by atoms with Gasteiger partial charge < -0.3 is 14.2 Å². The fraction of sp³-hybridized carbons (Fsp3) is 0.190. The van der Waals surface area contributed by atoms with Gasteiger partial charge in [-0.1, -0.05) is 24.3 Å². The number of anilines is 1. The molecule has 0 saturated heterocycles. The summed E-state index contributed by atoms with van der Waals surface area (Å²) in [4.78, 5) is 30.1. The van der Waals surface area contributed by atoms with E-state index < -0.39 is 12.1 Å². The highest BCUT2D eigenvalue weighted by Crippen LogP contribution is 2.27. The number of rotatable bonds is 6. The molecule has 2 aromatic carbocycles. The molecule has 1 amide bonds. The van der Waals surface area contributed by atoms with Gasteiger partial charge in [-0.2, -0.15) is 0 Å². The number of aromatic nitrogens is 1. The van der Waals surface area contributed by atoms with Gasteiger partial charge in [0.2, 0.25) is 0 Å². The number of carbonyl (C=O) groups excluding carboxylic acids is 2. The van der Waals surface area contributed by atoms with Crippen LogP contribution in [0.15, 0.2) is 53.9 Å². The summed E-state index contributed by atoms with van der Waals surface area (Å²) in [5.41, 5.74) is 2.24. The Labute approximate surface area is 172 Å². The van der Waals surface area contributed by atoms with E-state index in [1.807, 2.05) is 29.6 Å². The van der Waals surface area contributed by atoms with Crippen molar-refractivity contribution in [1.29, 1.82) is 0 Å². The molecule has 0 unspecified atom stereocenters. The Morgan fingerprint density at radius 2 is 1.90 bits per heavy atom. The minimum absolute atomic E-state index is 0.0234. The number of nitrogens with zero attached hydrogens (tertiary/aromatic N) is 2. The third kappa shape index (κ3) is 4.72. The van der Waals surface area contributed by atoms with Crippen molar-refractivity contribution >= 4 is 29.1 Å². The molecule has 0 saturated carbocycles. The van der Waals surface area contributed by atoms with E-state index in [0.29, 0.717) is 11.4 Å². The van der Waals surface area contributed by atoms with E-state index in [2.05, 4.69) is 4.98 Å². The van der Waals surface area contributed by atoms with Crippen molar-refractivity contribution in [2.24, 2.45) is 0 Å². The number of hydrogen-bond donors (Lipinski definition) is 0. The molecular formula is C21H20N2O5S. The Bertz CT molecular complexity index is 1020. The first-order valence-corrected chi connectivity index (χ1v) is 9.58. The van der Waals surface area contributed by atoms with Crippen LogP contribution in [0.4, 0.5) is 10.5 Å². The molecule has 29 heavy (non-hydrogen) atoms. The summed E-state index contributed by atoms with van der Waals surface area (Å²) in [6, 6.07) is 14.3. The molecule has 1 heterocycles. The van der Waals surface area contributed by atoms with Crippen LogP contribution in [-0.4, -0.2) is 38.3 Å².